The van der Waals surface area contributed by atoms with E-state index in [4.69, 9.17) is 16.3 Å². The van der Waals surface area contributed by atoms with E-state index < -0.39 is 0 Å². The van der Waals surface area contributed by atoms with Crippen molar-refractivity contribution in [1.82, 2.24) is 0 Å². The van der Waals surface area contributed by atoms with Gasteiger partial charge in [0.1, 0.15) is 6.61 Å². The number of rotatable bonds is 8. The van der Waals surface area contributed by atoms with Crippen LogP contribution in [0.25, 0.3) is 17.0 Å². The number of anilines is 1. The molecule has 0 saturated heterocycles. The summed E-state index contributed by atoms with van der Waals surface area (Å²) in [6, 6.07) is 14.3. The number of pyridine rings is 1. The highest BCUT2D eigenvalue weighted by Crippen LogP contribution is 2.40. The molecule has 1 aliphatic heterocycles. The fourth-order valence-electron chi connectivity index (χ4n) is 4.08. The minimum absolute atomic E-state index is 0.0137. The van der Waals surface area contributed by atoms with Crippen molar-refractivity contribution in [2.45, 2.75) is 32.7 Å². The smallest absolute Gasteiger partial charge is 0.213 e. The van der Waals surface area contributed by atoms with E-state index >= 15 is 0 Å². The molecule has 1 N–H and O–H groups in total. The first kappa shape index (κ1) is 23.8. The van der Waals surface area contributed by atoms with Gasteiger partial charge in [0.05, 0.1) is 11.1 Å². The Morgan fingerprint density at radius 1 is 1.18 bits per heavy atom. The van der Waals surface area contributed by atoms with Gasteiger partial charge < -0.3 is 14.7 Å². The number of nitrogens with zero attached hydrogens (tertiary/aromatic N) is 2. The van der Waals surface area contributed by atoms with Crippen molar-refractivity contribution < 1.29 is 14.4 Å². The number of allylic oxidation sites excluding steroid dienone is 2. The second kappa shape index (κ2) is 10.7. The number of alkyl halides is 1. The van der Waals surface area contributed by atoms with Crippen molar-refractivity contribution in [3.8, 4) is 5.75 Å². The third kappa shape index (κ3) is 5.26. The third-order valence-electron chi connectivity index (χ3n) is 5.87. The zero-order valence-corrected chi connectivity index (χ0v) is 21.3. The van der Waals surface area contributed by atoms with Crippen LogP contribution in [0.3, 0.4) is 0 Å². The summed E-state index contributed by atoms with van der Waals surface area (Å²) >= 11 is 9.70. The number of aryl methyl sites for hydroxylation is 1. The van der Waals surface area contributed by atoms with Gasteiger partial charge in [-0.2, -0.15) is 4.57 Å². The zero-order chi connectivity index (χ0) is 23.4. The molecule has 2 aromatic carbocycles. The lowest BCUT2D eigenvalue weighted by atomic mass is 10.1. The van der Waals surface area contributed by atoms with Crippen LogP contribution in [-0.4, -0.2) is 23.6 Å². The van der Waals surface area contributed by atoms with Crippen molar-refractivity contribution in [1.29, 1.82) is 0 Å². The summed E-state index contributed by atoms with van der Waals surface area (Å²) in [7, 11) is 0. The summed E-state index contributed by atoms with van der Waals surface area (Å²) in [5, 5.41) is 12.5. The molecule has 0 amide bonds. The highest BCUT2D eigenvalue weighted by Gasteiger charge is 2.25. The summed E-state index contributed by atoms with van der Waals surface area (Å²) in [4.78, 5) is 2.21. The van der Waals surface area contributed by atoms with Gasteiger partial charge in [0.25, 0.3) is 0 Å². The standard InChI is InChI=1S/C27H29BrClN2O2/c1-19-8-10-23-21(12-15-30(20(2)18-32)25(23)16-19)6-5-7-27-31(14-4-3-13-28)24-11-9-22(29)17-26(24)33-27/h5-12,15-17,20,32H,3-4,13-14,18H2,1-2H3/q+1. The van der Waals surface area contributed by atoms with E-state index in [-0.39, 0.29) is 12.6 Å². The van der Waals surface area contributed by atoms with Gasteiger partial charge in [-0.05, 0) is 55.2 Å². The highest BCUT2D eigenvalue weighted by molar-refractivity contribution is 9.09. The van der Waals surface area contributed by atoms with Crippen molar-refractivity contribution in [2.24, 2.45) is 0 Å². The first-order valence-corrected chi connectivity index (χ1v) is 12.8. The van der Waals surface area contributed by atoms with Crippen LogP contribution in [0.15, 0.2) is 66.7 Å². The van der Waals surface area contributed by atoms with E-state index in [9.17, 15) is 5.11 Å². The monoisotopic (exact) mass is 527 g/mol. The third-order valence-corrected chi connectivity index (χ3v) is 6.67. The largest absolute Gasteiger partial charge is 0.439 e. The summed E-state index contributed by atoms with van der Waals surface area (Å²) in [6.45, 7) is 5.09. The van der Waals surface area contributed by atoms with Crippen LogP contribution in [0.1, 0.15) is 36.9 Å². The Labute approximate surface area is 208 Å². The first-order valence-electron chi connectivity index (χ1n) is 11.3. The Balaban J connectivity index is 1.65. The number of aliphatic hydroxyl groups excluding tert-OH is 1. The van der Waals surface area contributed by atoms with Gasteiger partial charge >= 0.3 is 0 Å². The molecule has 4 rings (SSSR count). The zero-order valence-electron chi connectivity index (χ0n) is 19.0. The van der Waals surface area contributed by atoms with Crippen LogP contribution >= 0.6 is 27.5 Å². The Bertz CT molecular complexity index is 1210. The van der Waals surface area contributed by atoms with E-state index in [0.29, 0.717) is 5.02 Å². The number of aromatic nitrogens is 1. The van der Waals surface area contributed by atoms with Gasteiger partial charge in [-0.15, -0.1) is 0 Å². The highest BCUT2D eigenvalue weighted by atomic mass is 79.9. The van der Waals surface area contributed by atoms with E-state index in [1.165, 1.54) is 5.56 Å². The quantitative estimate of drug-likeness (QED) is 0.204. The maximum atomic E-state index is 9.67. The fraction of sp³-hybridized carbons (Fsp3) is 0.296. The Kier molecular flexibility index (Phi) is 7.74. The lowest BCUT2D eigenvalue weighted by molar-refractivity contribution is -0.696. The van der Waals surface area contributed by atoms with E-state index in [1.54, 1.807) is 0 Å². The van der Waals surface area contributed by atoms with E-state index in [2.05, 4.69) is 62.7 Å². The summed E-state index contributed by atoms with van der Waals surface area (Å²) in [5.74, 6) is 1.60. The molecule has 172 valence electrons. The average Bonchev–Trinajstić information content (AvgIpc) is 3.14. The van der Waals surface area contributed by atoms with Gasteiger partial charge in [0.2, 0.25) is 11.4 Å². The summed E-state index contributed by atoms with van der Waals surface area (Å²) in [5.41, 5.74) is 4.47. The van der Waals surface area contributed by atoms with Crippen LogP contribution in [-0.2, 0) is 0 Å². The number of halogens is 2. The molecule has 1 unspecified atom stereocenters. The number of hydrogen-bond donors (Lipinski definition) is 1. The van der Waals surface area contributed by atoms with Gasteiger partial charge in [0, 0.05) is 42.0 Å². The Morgan fingerprint density at radius 3 is 2.82 bits per heavy atom. The van der Waals surface area contributed by atoms with Gasteiger partial charge in [-0.1, -0.05) is 45.7 Å². The Hall–Kier alpha value is -2.34. The molecule has 1 aromatic heterocycles. The molecule has 0 spiro atoms. The van der Waals surface area contributed by atoms with Crippen molar-refractivity contribution in [3.63, 3.8) is 0 Å². The number of fused-ring (bicyclic) bond motifs is 2. The van der Waals surface area contributed by atoms with Crippen LogP contribution in [0.5, 0.6) is 5.75 Å². The molecule has 33 heavy (non-hydrogen) atoms. The predicted octanol–water partition coefficient (Wildman–Crippen LogP) is 6.57. The van der Waals surface area contributed by atoms with E-state index in [1.807, 2.05) is 43.5 Å². The normalized spacial score (nSPS) is 15.4. The van der Waals surface area contributed by atoms with Crippen LogP contribution < -0.4 is 14.2 Å². The molecular formula is C27H29BrClN2O2+. The van der Waals surface area contributed by atoms with Gasteiger partial charge in [-0.25, -0.2) is 0 Å². The molecule has 0 saturated carbocycles. The first-order chi connectivity index (χ1) is 16.0. The molecule has 4 nitrogen and oxygen atoms in total. The van der Waals surface area contributed by atoms with Crippen molar-refractivity contribution in [3.05, 3.63) is 82.8 Å². The van der Waals surface area contributed by atoms with Crippen molar-refractivity contribution in [2.75, 3.05) is 23.4 Å². The van der Waals surface area contributed by atoms with Crippen molar-refractivity contribution >= 4 is 50.2 Å². The van der Waals surface area contributed by atoms with Gasteiger partial charge in [0.15, 0.2) is 18.0 Å². The van der Waals surface area contributed by atoms with Crippen LogP contribution in [0.2, 0.25) is 5.02 Å². The minimum Gasteiger partial charge on any atom is -0.439 e. The van der Waals surface area contributed by atoms with Gasteiger partial charge in [-0.3, -0.25) is 0 Å². The molecule has 0 aliphatic carbocycles. The lowest BCUT2D eigenvalue weighted by Crippen LogP contribution is -2.40. The molecule has 1 atom stereocenters. The number of unbranched alkanes of at least 4 members (excludes halogenated alkanes) is 1. The molecule has 0 fully saturated rings. The SMILES string of the molecule is Cc1ccc2c(/C=C/C=C3/Oc4cc(Cl)ccc4N3CCCCBr)cc[n+](C(C)CO)c2c1. The fourth-order valence-corrected chi connectivity index (χ4v) is 4.64. The molecule has 2 heterocycles. The minimum atomic E-state index is 0.0137. The number of benzene rings is 2. The summed E-state index contributed by atoms with van der Waals surface area (Å²) in [6.07, 6.45) is 10.4. The maximum Gasteiger partial charge on any atom is 0.213 e. The molecule has 6 heteroatoms. The molecule has 0 bridgehead atoms. The molecule has 0 radical (unpaired) electrons. The predicted molar refractivity (Wildman–Crippen MR) is 140 cm³/mol. The van der Waals surface area contributed by atoms with Crippen LogP contribution in [0, 0.1) is 6.92 Å². The number of aliphatic hydroxyl groups is 1. The molecular weight excluding hydrogens is 500 g/mol. The summed E-state index contributed by atoms with van der Waals surface area (Å²) < 4.78 is 8.27. The molecule has 1 aliphatic rings. The topological polar surface area (TPSA) is 36.6 Å². The Morgan fingerprint density at radius 2 is 2.03 bits per heavy atom. The number of hydrogen-bond acceptors (Lipinski definition) is 3. The molecule has 3 aromatic rings. The van der Waals surface area contributed by atoms with Crippen LogP contribution in [0.4, 0.5) is 5.69 Å². The van der Waals surface area contributed by atoms with E-state index in [0.717, 1.165) is 58.5 Å². The second-order valence-electron chi connectivity index (χ2n) is 8.36. The second-order valence-corrected chi connectivity index (χ2v) is 9.59. The number of ether oxygens (including phenoxy) is 1. The average molecular weight is 529 g/mol. The maximum absolute atomic E-state index is 9.67. The lowest BCUT2D eigenvalue weighted by Gasteiger charge is -2.17.